The Morgan fingerprint density at radius 1 is 0.857 bits per heavy atom. The summed E-state index contributed by atoms with van der Waals surface area (Å²) in [5.74, 6) is -1.37. The molecule has 3 aliphatic rings. The van der Waals surface area contributed by atoms with Crippen molar-refractivity contribution in [3.63, 3.8) is 0 Å². The van der Waals surface area contributed by atoms with Gasteiger partial charge in [-0.15, -0.1) is 0 Å². The van der Waals surface area contributed by atoms with E-state index in [9.17, 15) is 14.7 Å². The van der Waals surface area contributed by atoms with Gasteiger partial charge in [0.2, 0.25) is 0 Å². The molecule has 3 N–H and O–H groups in total. The van der Waals surface area contributed by atoms with Gasteiger partial charge in [0.15, 0.2) is 0 Å². The first-order valence-corrected chi connectivity index (χ1v) is 14.0. The first-order chi connectivity index (χ1) is 17.0. The van der Waals surface area contributed by atoms with E-state index in [1.165, 1.54) is 71.1 Å². The summed E-state index contributed by atoms with van der Waals surface area (Å²) < 4.78 is 5.12. The van der Waals surface area contributed by atoms with Crippen molar-refractivity contribution in [1.29, 1.82) is 0 Å². The van der Waals surface area contributed by atoms with Gasteiger partial charge >= 0.3 is 6.09 Å². The van der Waals surface area contributed by atoms with E-state index in [1.807, 2.05) is 30.3 Å². The van der Waals surface area contributed by atoms with Gasteiger partial charge < -0.3 is 25.3 Å². The summed E-state index contributed by atoms with van der Waals surface area (Å²) in [6.45, 7) is 1.63. The van der Waals surface area contributed by atoms with Crippen LogP contribution in [0.5, 0.6) is 0 Å². The number of quaternary nitrogens is 1. The van der Waals surface area contributed by atoms with Crippen LogP contribution in [0.1, 0.15) is 109 Å². The van der Waals surface area contributed by atoms with Gasteiger partial charge in [-0.05, 0) is 82.6 Å². The highest BCUT2D eigenvalue weighted by Crippen LogP contribution is 2.32. The summed E-state index contributed by atoms with van der Waals surface area (Å²) in [6, 6.07) is 11.3. The third-order valence-corrected chi connectivity index (χ3v) is 8.26. The second-order valence-electron chi connectivity index (χ2n) is 11.0. The molecule has 0 spiro atoms. The van der Waals surface area contributed by atoms with E-state index in [1.54, 1.807) is 0 Å². The predicted octanol–water partition coefficient (Wildman–Crippen LogP) is 4.22. The number of aliphatic carboxylic acids is 1. The van der Waals surface area contributed by atoms with Crippen LogP contribution < -0.4 is 15.7 Å². The molecule has 6 nitrogen and oxygen atoms in total. The zero-order valence-electron chi connectivity index (χ0n) is 21.6. The number of carboxylic acids is 1. The molecular formula is C29H46N2O4. The second-order valence-corrected chi connectivity index (χ2v) is 11.0. The van der Waals surface area contributed by atoms with Crippen LogP contribution in [0.25, 0.3) is 0 Å². The number of alkyl carbamates (subject to hydrolysis) is 1. The number of ether oxygens (including phenoxy) is 1. The molecule has 0 aliphatic heterocycles. The van der Waals surface area contributed by atoms with Crippen molar-refractivity contribution in [2.45, 2.75) is 127 Å². The number of carboxylic acid groups (broad SMARTS) is 1. The van der Waals surface area contributed by atoms with Crippen molar-refractivity contribution in [1.82, 2.24) is 5.32 Å². The molecule has 6 heteroatoms. The second kappa shape index (κ2) is 14.5. The van der Waals surface area contributed by atoms with Crippen molar-refractivity contribution in [2.75, 3.05) is 0 Å². The number of benzene rings is 1. The minimum atomic E-state index is -1.38. The molecule has 1 aromatic rings. The van der Waals surface area contributed by atoms with Gasteiger partial charge in [0, 0.05) is 0 Å². The summed E-state index contributed by atoms with van der Waals surface area (Å²) in [5.41, 5.74) is -0.528. The molecule has 0 heterocycles. The maximum absolute atomic E-state index is 12.0. The number of nitrogens with two attached hydrogens (primary N) is 1. The normalized spacial score (nSPS) is 21.7. The van der Waals surface area contributed by atoms with E-state index in [-0.39, 0.29) is 12.5 Å². The number of nitrogens with one attached hydrogen (secondary N) is 1. The molecule has 0 bridgehead atoms. The molecule has 1 atom stereocenters. The number of hydrogen-bond acceptors (Lipinski definition) is 4. The fraction of sp³-hybridized carbons (Fsp3) is 0.724. The van der Waals surface area contributed by atoms with Crippen molar-refractivity contribution in [2.24, 2.45) is 5.92 Å². The first kappa shape index (κ1) is 27.5. The average molecular weight is 487 g/mol. The molecule has 3 fully saturated rings. The summed E-state index contributed by atoms with van der Waals surface area (Å²) in [4.78, 5) is 23.5. The van der Waals surface area contributed by atoms with Gasteiger partial charge in [0.1, 0.15) is 6.61 Å². The van der Waals surface area contributed by atoms with Crippen LogP contribution in [0.15, 0.2) is 30.3 Å². The minimum absolute atomic E-state index is 0.112. The molecule has 196 valence electrons. The molecule has 1 aromatic carbocycles. The van der Waals surface area contributed by atoms with Crippen LogP contribution in [0.2, 0.25) is 0 Å². The number of rotatable bonds is 7. The fourth-order valence-corrected chi connectivity index (χ4v) is 6.01. The first-order valence-electron chi connectivity index (χ1n) is 14.0. The van der Waals surface area contributed by atoms with Crippen LogP contribution >= 0.6 is 0 Å². The number of carbonyl (C=O) groups is 2. The fourth-order valence-electron chi connectivity index (χ4n) is 6.01. The van der Waals surface area contributed by atoms with Crippen LogP contribution in [0, 0.1) is 5.92 Å². The molecular weight excluding hydrogens is 440 g/mol. The molecule has 4 rings (SSSR count). The molecule has 0 unspecified atom stereocenters. The lowest BCUT2D eigenvalue weighted by molar-refractivity contribution is -0.725. The largest absolute Gasteiger partial charge is 0.548 e. The maximum Gasteiger partial charge on any atom is 0.408 e. The maximum atomic E-state index is 12.0. The van der Waals surface area contributed by atoms with Gasteiger partial charge in [-0.1, -0.05) is 62.4 Å². The van der Waals surface area contributed by atoms with E-state index >= 15 is 0 Å². The zero-order valence-corrected chi connectivity index (χ0v) is 21.6. The number of carbonyl (C=O) groups excluding carboxylic acids is 2. The Balaban J connectivity index is 0.000000223. The lowest BCUT2D eigenvalue weighted by Gasteiger charge is -2.40. The lowest BCUT2D eigenvalue weighted by Crippen LogP contribution is -2.95. The van der Waals surface area contributed by atoms with Gasteiger partial charge in [-0.2, -0.15) is 0 Å². The van der Waals surface area contributed by atoms with Gasteiger partial charge in [-0.25, -0.2) is 4.79 Å². The highest BCUT2D eigenvalue weighted by molar-refractivity contribution is 5.82. The minimum Gasteiger partial charge on any atom is -0.548 e. The number of amides is 1. The average Bonchev–Trinajstić information content (AvgIpc) is 2.90. The molecule has 1 amide bonds. The smallest absolute Gasteiger partial charge is 0.408 e. The molecule has 0 saturated heterocycles. The highest BCUT2D eigenvalue weighted by atomic mass is 16.5. The summed E-state index contributed by atoms with van der Waals surface area (Å²) in [7, 11) is 0. The van der Waals surface area contributed by atoms with Crippen LogP contribution in [0.4, 0.5) is 4.79 Å². The SMILES string of the molecule is C1CCC([NH2+]C2CCCCC2)CC1.C[C@](NC(=O)OCc1ccccc1)(C(=O)[O-])C1CCCCC1. The van der Waals surface area contributed by atoms with E-state index in [4.69, 9.17) is 4.74 Å². The van der Waals surface area contributed by atoms with E-state index in [2.05, 4.69) is 10.6 Å². The van der Waals surface area contributed by atoms with E-state index in [0.717, 1.165) is 49.8 Å². The summed E-state index contributed by atoms with van der Waals surface area (Å²) in [6.07, 6.45) is 18.9. The molecule has 3 aliphatic carbocycles. The third kappa shape index (κ3) is 9.14. The Bertz CT molecular complexity index is 737. The Morgan fingerprint density at radius 3 is 1.83 bits per heavy atom. The topological polar surface area (TPSA) is 95.1 Å². The Kier molecular flexibility index (Phi) is 11.4. The van der Waals surface area contributed by atoms with Crippen LogP contribution in [0.3, 0.4) is 0 Å². The monoisotopic (exact) mass is 486 g/mol. The molecule has 35 heavy (non-hydrogen) atoms. The molecule has 0 aromatic heterocycles. The standard InChI is InChI=1S/C17H23NO4.C12H23N/c1-17(15(19)20,14-10-6-3-7-11-14)18-16(21)22-12-13-8-4-2-5-9-13;1-3-7-11(8-4-1)13-12-9-5-2-6-10-12/h2,4-5,8-9,14H,3,6-7,10-12H2,1H3,(H,18,21)(H,19,20);11-13H,1-10H2/t17-;/m1./s1. The van der Waals surface area contributed by atoms with Gasteiger partial charge in [0.05, 0.1) is 23.6 Å². The van der Waals surface area contributed by atoms with Gasteiger partial charge in [0.25, 0.3) is 0 Å². The van der Waals surface area contributed by atoms with Crippen LogP contribution in [-0.2, 0) is 16.1 Å². The Hall–Kier alpha value is -2.08. The zero-order chi connectivity index (χ0) is 24.9. The quantitative estimate of drug-likeness (QED) is 0.603. The van der Waals surface area contributed by atoms with Crippen molar-refractivity contribution in [3.05, 3.63) is 35.9 Å². The van der Waals surface area contributed by atoms with Crippen LogP contribution in [-0.4, -0.2) is 29.7 Å². The van der Waals surface area contributed by atoms with Crippen molar-refractivity contribution < 1.29 is 24.7 Å². The predicted molar refractivity (Wildman–Crippen MR) is 135 cm³/mol. The Morgan fingerprint density at radius 2 is 1.34 bits per heavy atom. The summed E-state index contributed by atoms with van der Waals surface area (Å²) >= 11 is 0. The molecule has 3 saturated carbocycles. The third-order valence-electron chi connectivity index (χ3n) is 8.26. The molecule has 0 radical (unpaired) electrons. The van der Waals surface area contributed by atoms with Crippen molar-refractivity contribution in [3.8, 4) is 0 Å². The van der Waals surface area contributed by atoms with E-state index < -0.39 is 17.6 Å². The Labute approximate surface area is 211 Å². The highest BCUT2D eigenvalue weighted by Gasteiger charge is 2.38. The lowest BCUT2D eigenvalue weighted by atomic mass is 9.75. The van der Waals surface area contributed by atoms with Gasteiger partial charge in [-0.3, -0.25) is 0 Å². The van der Waals surface area contributed by atoms with Crippen molar-refractivity contribution >= 4 is 12.1 Å². The van der Waals surface area contributed by atoms with E-state index in [0.29, 0.717) is 0 Å². The summed E-state index contributed by atoms with van der Waals surface area (Å²) in [5, 5.41) is 16.8. The number of hydrogen-bond donors (Lipinski definition) is 2.